The standard InChI is InChI=1S/C22H30N2O3S2/c1-26-17-6-7-20-22(14-17)29-21(19(25)16-27-20)5-2-8-23-9-11-24(12-10-23)15-18-4-3-13-28-18/h3-4,6-7,13-14,19,21,25H,2,5,8-12,15-16H2,1H3/t19-,21+/m1/s1. The van der Waals surface area contributed by atoms with Crippen LogP contribution in [0.2, 0.25) is 0 Å². The van der Waals surface area contributed by atoms with E-state index in [2.05, 4.69) is 27.3 Å². The van der Waals surface area contributed by atoms with Crippen LogP contribution in [0.1, 0.15) is 17.7 Å². The first-order valence-electron chi connectivity index (χ1n) is 10.3. The van der Waals surface area contributed by atoms with E-state index in [0.29, 0.717) is 6.61 Å². The van der Waals surface area contributed by atoms with E-state index in [0.717, 1.165) is 68.5 Å². The molecule has 2 atom stereocenters. The van der Waals surface area contributed by atoms with E-state index < -0.39 is 6.10 Å². The monoisotopic (exact) mass is 434 g/mol. The maximum Gasteiger partial charge on any atom is 0.133 e. The van der Waals surface area contributed by atoms with Crippen LogP contribution >= 0.6 is 23.1 Å². The lowest BCUT2D eigenvalue weighted by Crippen LogP contribution is -2.46. The third kappa shape index (κ3) is 5.67. The summed E-state index contributed by atoms with van der Waals surface area (Å²) in [7, 11) is 1.68. The molecule has 0 saturated carbocycles. The van der Waals surface area contributed by atoms with Crippen LogP contribution in [0.25, 0.3) is 0 Å². The first-order chi connectivity index (χ1) is 14.2. The molecule has 2 aliphatic heterocycles. The zero-order valence-electron chi connectivity index (χ0n) is 17.0. The van der Waals surface area contributed by atoms with Crippen LogP contribution in [0.4, 0.5) is 0 Å². The second-order valence-electron chi connectivity index (χ2n) is 7.69. The number of methoxy groups -OCH3 is 1. The van der Waals surface area contributed by atoms with Crippen molar-refractivity contribution in [3.63, 3.8) is 0 Å². The van der Waals surface area contributed by atoms with Gasteiger partial charge in [-0.3, -0.25) is 4.90 Å². The van der Waals surface area contributed by atoms with Crippen molar-refractivity contribution in [2.75, 3.05) is 46.4 Å². The van der Waals surface area contributed by atoms with Gasteiger partial charge in [0.15, 0.2) is 0 Å². The highest BCUT2D eigenvalue weighted by molar-refractivity contribution is 8.00. The van der Waals surface area contributed by atoms with Crippen molar-refractivity contribution in [1.29, 1.82) is 0 Å². The number of piperazine rings is 1. The highest BCUT2D eigenvalue weighted by atomic mass is 32.2. The van der Waals surface area contributed by atoms with E-state index in [9.17, 15) is 5.11 Å². The minimum absolute atomic E-state index is 0.156. The van der Waals surface area contributed by atoms with Crippen molar-refractivity contribution in [3.05, 3.63) is 40.6 Å². The lowest BCUT2D eigenvalue weighted by atomic mass is 10.1. The van der Waals surface area contributed by atoms with Crippen LogP contribution in [0, 0.1) is 0 Å². The number of fused-ring (bicyclic) bond motifs is 1. The van der Waals surface area contributed by atoms with Gasteiger partial charge in [-0.05, 0) is 49.0 Å². The van der Waals surface area contributed by atoms with Crippen molar-refractivity contribution >= 4 is 23.1 Å². The average molecular weight is 435 g/mol. The summed E-state index contributed by atoms with van der Waals surface area (Å²) in [4.78, 5) is 7.63. The van der Waals surface area contributed by atoms with Gasteiger partial charge in [-0.25, -0.2) is 0 Å². The number of ether oxygens (including phenoxy) is 2. The lowest BCUT2D eigenvalue weighted by Gasteiger charge is -2.34. The molecule has 29 heavy (non-hydrogen) atoms. The first kappa shape index (κ1) is 21.0. The third-order valence-corrected chi connectivity index (χ3v) is 7.94. The summed E-state index contributed by atoms with van der Waals surface area (Å²) in [6.07, 6.45) is 1.64. The van der Waals surface area contributed by atoms with Gasteiger partial charge in [-0.2, -0.15) is 0 Å². The Labute approximate surface area is 181 Å². The van der Waals surface area contributed by atoms with Crippen LogP contribution in [-0.2, 0) is 6.54 Å². The van der Waals surface area contributed by atoms with Gasteiger partial charge in [0.2, 0.25) is 0 Å². The van der Waals surface area contributed by atoms with Crippen LogP contribution in [0.5, 0.6) is 11.5 Å². The predicted molar refractivity (Wildman–Crippen MR) is 119 cm³/mol. The quantitative estimate of drug-likeness (QED) is 0.719. The summed E-state index contributed by atoms with van der Waals surface area (Å²) in [6.45, 7) is 7.09. The number of nitrogens with zero attached hydrogens (tertiary/aromatic N) is 2. The van der Waals surface area contributed by atoms with E-state index in [-0.39, 0.29) is 5.25 Å². The van der Waals surface area contributed by atoms with E-state index in [1.54, 1.807) is 18.9 Å². The maximum absolute atomic E-state index is 10.5. The molecule has 5 nitrogen and oxygen atoms in total. The normalized spacial score (nSPS) is 23.2. The van der Waals surface area contributed by atoms with Gasteiger partial charge in [0.05, 0.1) is 12.0 Å². The predicted octanol–water partition coefficient (Wildman–Crippen LogP) is 3.57. The van der Waals surface area contributed by atoms with Crippen molar-refractivity contribution < 1.29 is 14.6 Å². The van der Waals surface area contributed by atoms with Crippen molar-refractivity contribution in [2.45, 2.75) is 35.6 Å². The van der Waals surface area contributed by atoms with Gasteiger partial charge in [-0.15, -0.1) is 23.1 Å². The van der Waals surface area contributed by atoms with Gasteiger partial charge in [0, 0.05) is 42.9 Å². The Morgan fingerprint density at radius 2 is 2.00 bits per heavy atom. The van der Waals surface area contributed by atoms with E-state index in [4.69, 9.17) is 9.47 Å². The number of thioether (sulfide) groups is 1. The van der Waals surface area contributed by atoms with Crippen molar-refractivity contribution in [2.24, 2.45) is 0 Å². The molecule has 0 aliphatic carbocycles. The summed E-state index contributed by atoms with van der Waals surface area (Å²) in [5.74, 6) is 1.68. The second-order valence-corrected chi connectivity index (χ2v) is 10.00. The molecule has 0 spiro atoms. The molecule has 4 rings (SSSR count). The molecule has 0 radical (unpaired) electrons. The minimum atomic E-state index is -0.443. The number of benzene rings is 1. The Balaban J connectivity index is 1.22. The highest BCUT2D eigenvalue weighted by Gasteiger charge is 2.27. The fourth-order valence-corrected chi connectivity index (χ4v) is 5.93. The number of rotatable bonds is 7. The van der Waals surface area contributed by atoms with E-state index >= 15 is 0 Å². The fraction of sp³-hybridized carbons (Fsp3) is 0.545. The van der Waals surface area contributed by atoms with E-state index in [1.807, 2.05) is 29.5 Å². The number of thiophene rings is 1. The summed E-state index contributed by atoms with van der Waals surface area (Å²) in [5.41, 5.74) is 0. The topological polar surface area (TPSA) is 45.2 Å². The lowest BCUT2D eigenvalue weighted by molar-refractivity contribution is 0.0998. The zero-order valence-corrected chi connectivity index (χ0v) is 18.6. The highest BCUT2D eigenvalue weighted by Crippen LogP contribution is 2.40. The van der Waals surface area contributed by atoms with Gasteiger partial charge in [0.1, 0.15) is 24.2 Å². The maximum atomic E-state index is 10.5. The fourth-order valence-electron chi connectivity index (χ4n) is 3.91. The molecule has 1 saturated heterocycles. The van der Waals surface area contributed by atoms with Gasteiger partial charge in [0.25, 0.3) is 0 Å². The van der Waals surface area contributed by atoms with Crippen LogP contribution in [0.15, 0.2) is 40.6 Å². The minimum Gasteiger partial charge on any atom is -0.497 e. The Hall–Kier alpha value is -1.25. The van der Waals surface area contributed by atoms with Gasteiger partial charge < -0.3 is 19.5 Å². The SMILES string of the molecule is COc1ccc2c(c1)S[C@@H](CCCN1CCN(Cc3cccs3)CC1)[C@H](O)CO2. The summed E-state index contributed by atoms with van der Waals surface area (Å²) in [6, 6.07) is 10.2. The molecule has 7 heteroatoms. The van der Waals surface area contributed by atoms with Crippen LogP contribution in [0.3, 0.4) is 0 Å². The van der Waals surface area contributed by atoms with Crippen LogP contribution < -0.4 is 9.47 Å². The third-order valence-electron chi connectivity index (χ3n) is 5.66. The molecule has 0 amide bonds. The Bertz CT molecular complexity index is 763. The van der Waals surface area contributed by atoms with E-state index in [1.165, 1.54) is 4.88 Å². The number of hydrogen-bond donors (Lipinski definition) is 1. The molecule has 2 aliphatic rings. The molecule has 1 N–H and O–H groups in total. The zero-order chi connectivity index (χ0) is 20.1. The summed E-state index contributed by atoms with van der Waals surface area (Å²) in [5, 5.41) is 12.9. The first-order valence-corrected chi connectivity index (χ1v) is 12.1. The molecule has 2 aromatic rings. The Kier molecular flexibility index (Phi) is 7.37. The molecule has 158 valence electrons. The average Bonchev–Trinajstić information content (AvgIpc) is 3.20. The molecule has 3 heterocycles. The molecular formula is C22H30N2O3S2. The second kappa shape index (κ2) is 10.2. The number of aliphatic hydroxyl groups is 1. The van der Waals surface area contributed by atoms with Crippen molar-refractivity contribution in [3.8, 4) is 11.5 Å². The molecule has 0 bridgehead atoms. The smallest absolute Gasteiger partial charge is 0.133 e. The summed E-state index contributed by atoms with van der Waals surface area (Å²) >= 11 is 3.57. The Morgan fingerprint density at radius 1 is 1.17 bits per heavy atom. The molecule has 1 aromatic carbocycles. The van der Waals surface area contributed by atoms with Gasteiger partial charge in [-0.1, -0.05) is 6.07 Å². The molecular weight excluding hydrogens is 404 g/mol. The van der Waals surface area contributed by atoms with Gasteiger partial charge >= 0.3 is 0 Å². The number of aliphatic hydroxyl groups excluding tert-OH is 1. The number of hydrogen-bond acceptors (Lipinski definition) is 7. The summed E-state index contributed by atoms with van der Waals surface area (Å²) < 4.78 is 11.1. The molecule has 1 fully saturated rings. The largest absolute Gasteiger partial charge is 0.497 e. The molecule has 0 unspecified atom stereocenters. The molecule has 1 aromatic heterocycles. The van der Waals surface area contributed by atoms with Crippen LogP contribution in [-0.4, -0.2) is 72.7 Å². The Morgan fingerprint density at radius 3 is 2.76 bits per heavy atom. The van der Waals surface area contributed by atoms with Crippen molar-refractivity contribution in [1.82, 2.24) is 9.80 Å².